The molecule has 172 valence electrons. The Labute approximate surface area is 187 Å². The average Bonchev–Trinajstić information content (AvgIpc) is 2.73. The quantitative estimate of drug-likeness (QED) is 0.555. The summed E-state index contributed by atoms with van der Waals surface area (Å²) in [6.45, 7) is 10.9. The average molecular weight is 429 g/mol. The number of carbonyl (C=O) groups is 1. The molecule has 0 atom stereocenters. The number of hydrogen-bond donors (Lipinski definition) is 1. The van der Waals surface area contributed by atoms with E-state index in [1.165, 1.54) is 16.7 Å². The van der Waals surface area contributed by atoms with Crippen LogP contribution in [0, 0.1) is 11.8 Å². The molecule has 1 aromatic rings. The van der Waals surface area contributed by atoms with Crippen molar-refractivity contribution >= 4 is 17.4 Å². The van der Waals surface area contributed by atoms with Crippen LogP contribution in [0.1, 0.15) is 84.6 Å². The lowest BCUT2D eigenvalue weighted by Crippen LogP contribution is -2.39. The molecule has 2 fully saturated rings. The number of aromatic nitrogens is 1. The zero-order chi connectivity index (χ0) is 22.4. The molecule has 0 spiro atoms. The molecule has 0 radical (unpaired) electrons. The van der Waals surface area contributed by atoms with Crippen LogP contribution in [0.5, 0.6) is 0 Å². The van der Waals surface area contributed by atoms with Gasteiger partial charge in [-0.25, -0.2) is 4.98 Å². The number of pyridine rings is 1. The van der Waals surface area contributed by atoms with Crippen LogP contribution >= 0.6 is 0 Å². The lowest BCUT2D eigenvalue weighted by molar-refractivity contribution is -0.138. The molecule has 5 nitrogen and oxygen atoms in total. The van der Waals surface area contributed by atoms with E-state index in [1.54, 1.807) is 0 Å². The number of allylic oxidation sites excluding steroid dienone is 2. The summed E-state index contributed by atoms with van der Waals surface area (Å²) in [5.74, 6) is 1.36. The van der Waals surface area contributed by atoms with Gasteiger partial charge in [-0.2, -0.15) is 0 Å². The van der Waals surface area contributed by atoms with E-state index >= 15 is 0 Å². The van der Waals surface area contributed by atoms with Crippen molar-refractivity contribution in [2.45, 2.75) is 91.3 Å². The first-order valence-corrected chi connectivity index (χ1v) is 12.1. The van der Waals surface area contributed by atoms with Gasteiger partial charge in [-0.3, -0.25) is 4.79 Å². The highest BCUT2D eigenvalue weighted by Gasteiger charge is 2.27. The molecular formula is C26H40N2O3. The van der Waals surface area contributed by atoms with Crippen LogP contribution < -0.4 is 4.90 Å². The minimum absolute atomic E-state index is 0.308. The number of nitrogens with zero attached hydrogens (tertiary/aromatic N) is 2. The van der Waals surface area contributed by atoms with Crippen LogP contribution in [-0.4, -0.2) is 41.4 Å². The number of piperidine rings is 1. The molecule has 2 aliphatic rings. The van der Waals surface area contributed by atoms with Crippen molar-refractivity contribution in [3.63, 3.8) is 0 Å². The molecule has 1 aliphatic carbocycles. The first kappa shape index (κ1) is 23.8. The summed E-state index contributed by atoms with van der Waals surface area (Å²) in [5, 5.41) is 8.97. The van der Waals surface area contributed by atoms with Crippen molar-refractivity contribution in [3.8, 4) is 0 Å². The Morgan fingerprint density at radius 3 is 2.26 bits per heavy atom. The molecule has 2 heterocycles. The van der Waals surface area contributed by atoms with Crippen LogP contribution in [0.15, 0.2) is 23.9 Å². The standard InChI is InChI=1S/C26H40N2O3/c1-18(2)15-24(19(3)4)21-7-10-25(27-17-21)28-13-11-23(12-14-28)31-22-8-5-20(6-9-22)16-26(29)30/h7,10,17-18,20,22-23H,5-6,8-9,11-16H2,1-4H3,(H,29,30). The predicted octanol–water partition coefficient (Wildman–Crippen LogP) is 5.94. The van der Waals surface area contributed by atoms with Gasteiger partial charge < -0.3 is 14.7 Å². The zero-order valence-corrected chi connectivity index (χ0v) is 19.8. The predicted molar refractivity (Wildman–Crippen MR) is 126 cm³/mol. The SMILES string of the molecule is CC(C)=C(CC(C)C)c1ccc(N2CCC(OC3CCC(CC(=O)O)CC3)CC2)nc1. The van der Waals surface area contributed by atoms with Crippen LogP contribution in [0.25, 0.3) is 5.57 Å². The maximum atomic E-state index is 10.9. The Morgan fingerprint density at radius 2 is 1.74 bits per heavy atom. The summed E-state index contributed by atoms with van der Waals surface area (Å²) in [7, 11) is 0. The highest BCUT2D eigenvalue weighted by molar-refractivity contribution is 5.68. The lowest BCUT2D eigenvalue weighted by atomic mass is 9.85. The lowest BCUT2D eigenvalue weighted by Gasteiger charge is -2.36. The second-order valence-corrected chi connectivity index (χ2v) is 10.0. The first-order chi connectivity index (χ1) is 14.8. The molecule has 0 aromatic carbocycles. The topological polar surface area (TPSA) is 62.7 Å². The van der Waals surface area contributed by atoms with Gasteiger partial charge in [0.25, 0.3) is 0 Å². The summed E-state index contributed by atoms with van der Waals surface area (Å²) in [5.41, 5.74) is 4.03. The van der Waals surface area contributed by atoms with Gasteiger partial charge in [-0.15, -0.1) is 0 Å². The van der Waals surface area contributed by atoms with E-state index in [4.69, 9.17) is 14.8 Å². The van der Waals surface area contributed by atoms with E-state index in [9.17, 15) is 4.79 Å². The number of carboxylic acids is 1. The molecular weight excluding hydrogens is 388 g/mol. The maximum absolute atomic E-state index is 10.9. The number of rotatable bonds is 8. The highest BCUT2D eigenvalue weighted by atomic mass is 16.5. The third-order valence-electron chi connectivity index (χ3n) is 6.72. The molecule has 0 amide bonds. The largest absolute Gasteiger partial charge is 0.481 e. The monoisotopic (exact) mass is 428 g/mol. The number of anilines is 1. The minimum Gasteiger partial charge on any atom is -0.481 e. The fraction of sp³-hybridized carbons (Fsp3) is 0.692. The Bertz CT molecular complexity index is 736. The molecule has 1 N–H and O–H groups in total. The molecule has 3 rings (SSSR count). The normalized spacial score (nSPS) is 22.5. The van der Waals surface area contributed by atoms with Gasteiger partial charge in [-0.05, 0) is 93.9 Å². The summed E-state index contributed by atoms with van der Waals surface area (Å²) in [6, 6.07) is 4.40. The van der Waals surface area contributed by atoms with E-state index in [2.05, 4.69) is 44.7 Å². The molecule has 1 saturated heterocycles. The molecule has 0 unspecified atom stereocenters. The number of carboxylic acid groups (broad SMARTS) is 1. The zero-order valence-electron chi connectivity index (χ0n) is 19.8. The molecule has 1 saturated carbocycles. The van der Waals surface area contributed by atoms with Crippen LogP contribution in [-0.2, 0) is 9.53 Å². The van der Waals surface area contributed by atoms with Crippen LogP contribution in [0.3, 0.4) is 0 Å². The van der Waals surface area contributed by atoms with Gasteiger partial charge in [0.2, 0.25) is 0 Å². The second kappa shape index (κ2) is 11.1. The van der Waals surface area contributed by atoms with Crippen molar-refractivity contribution in [1.29, 1.82) is 0 Å². The van der Waals surface area contributed by atoms with Crippen LogP contribution in [0.4, 0.5) is 5.82 Å². The number of ether oxygens (including phenoxy) is 1. The smallest absolute Gasteiger partial charge is 0.303 e. The Morgan fingerprint density at radius 1 is 1.10 bits per heavy atom. The van der Waals surface area contributed by atoms with E-state index < -0.39 is 5.97 Å². The third kappa shape index (κ3) is 7.06. The molecule has 0 bridgehead atoms. The van der Waals surface area contributed by atoms with E-state index in [1.807, 2.05) is 6.20 Å². The molecule has 5 heteroatoms. The second-order valence-electron chi connectivity index (χ2n) is 10.0. The van der Waals surface area contributed by atoms with Crippen molar-refractivity contribution in [2.24, 2.45) is 11.8 Å². The van der Waals surface area contributed by atoms with Gasteiger partial charge in [0.1, 0.15) is 5.82 Å². The Kier molecular flexibility index (Phi) is 8.53. The highest BCUT2D eigenvalue weighted by Crippen LogP contribution is 2.31. The summed E-state index contributed by atoms with van der Waals surface area (Å²) < 4.78 is 6.38. The first-order valence-electron chi connectivity index (χ1n) is 12.1. The summed E-state index contributed by atoms with van der Waals surface area (Å²) in [4.78, 5) is 18.1. The van der Waals surface area contributed by atoms with E-state index in [0.717, 1.165) is 63.9 Å². The van der Waals surface area contributed by atoms with Gasteiger partial charge in [0.15, 0.2) is 0 Å². The molecule has 31 heavy (non-hydrogen) atoms. The van der Waals surface area contributed by atoms with E-state index in [0.29, 0.717) is 30.5 Å². The van der Waals surface area contributed by atoms with Gasteiger partial charge in [0, 0.05) is 25.7 Å². The number of aliphatic carboxylic acids is 1. The Balaban J connectivity index is 1.47. The summed E-state index contributed by atoms with van der Waals surface area (Å²) in [6.07, 6.45) is 10.1. The van der Waals surface area contributed by atoms with Crippen molar-refractivity contribution < 1.29 is 14.6 Å². The van der Waals surface area contributed by atoms with Gasteiger partial charge >= 0.3 is 5.97 Å². The molecule has 1 aromatic heterocycles. The fourth-order valence-corrected chi connectivity index (χ4v) is 4.98. The van der Waals surface area contributed by atoms with Crippen molar-refractivity contribution in [3.05, 3.63) is 29.5 Å². The Hall–Kier alpha value is -1.88. The minimum atomic E-state index is -0.671. The third-order valence-corrected chi connectivity index (χ3v) is 6.72. The maximum Gasteiger partial charge on any atom is 0.303 e. The van der Waals surface area contributed by atoms with Gasteiger partial charge in [-0.1, -0.05) is 19.4 Å². The fourth-order valence-electron chi connectivity index (χ4n) is 4.98. The van der Waals surface area contributed by atoms with Crippen LogP contribution in [0.2, 0.25) is 0 Å². The van der Waals surface area contributed by atoms with Crippen molar-refractivity contribution in [2.75, 3.05) is 18.0 Å². The molecule has 1 aliphatic heterocycles. The summed E-state index contributed by atoms with van der Waals surface area (Å²) >= 11 is 0. The van der Waals surface area contributed by atoms with E-state index in [-0.39, 0.29) is 0 Å². The van der Waals surface area contributed by atoms with Gasteiger partial charge in [0.05, 0.1) is 12.2 Å². The van der Waals surface area contributed by atoms with Crippen molar-refractivity contribution in [1.82, 2.24) is 4.98 Å². The number of hydrogen-bond acceptors (Lipinski definition) is 4.